The lowest BCUT2D eigenvalue weighted by atomic mass is 10.2. The van der Waals surface area contributed by atoms with E-state index >= 15 is 0 Å². The number of hydrogen-bond acceptors (Lipinski definition) is 5. The van der Waals surface area contributed by atoms with Gasteiger partial charge >= 0.3 is 0 Å². The van der Waals surface area contributed by atoms with E-state index < -0.39 is 10.0 Å². The van der Waals surface area contributed by atoms with Crippen molar-refractivity contribution in [3.05, 3.63) is 24.3 Å². The predicted molar refractivity (Wildman–Crippen MR) is 78.8 cm³/mol. The normalized spacial score (nSPS) is 16.1. The van der Waals surface area contributed by atoms with Crippen molar-refractivity contribution in [3.63, 3.8) is 0 Å². The van der Waals surface area contributed by atoms with Gasteiger partial charge in [-0.15, -0.1) is 4.40 Å². The van der Waals surface area contributed by atoms with E-state index in [2.05, 4.69) is 9.71 Å². The molecule has 6 nitrogen and oxygen atoms in total. The van der Waals surface area contributed by atoms with E-state index in [-0.39, 0.29) is 4.90 Å². The fourth-order valence-corrected chi connectivity index (χ4v) is 3.05. The van der Waals surface area contributed by atoms with Crippen LogP contribution in [0.2, 0.25) is 0 Å². The molecule has 2 rings (SSSR count). The third kappa shape index (κ3) is 3.56. The average Bonchev–Trinajstić information content (AvgIpc) is 2.45. The van der Waals surface area contributed by atoms with Gasteiger partial charge in [-0.05, 0) is 25.1 Å². The van der Waals surface area contributed by atoms with Gasteiger partial charge in [-0.1, -0.05) is 12.1 Å². The van der Waals surface area contributed by atoms with Crippen molar-refractivity contribution in [1.82, 2.24) is 5.32 Å². The lowest BCUT2D eigenvalue weighted by Crippen LogP contribution is -2.30. The molecule has 1 aromatic carbocycles. The van der Waals surface area contributed by atoms with Gasteiger partial charge in [0.1, 0.15) is 11.2 Å². The fourth-order valence-electron chi connectivity index (χ4n) is 2.00. The third-order valence-corrected chi connectivity index (χ3v) is 4.29. The summed E-state index contributed by atoms with van der Waals surface area (Å²) in [5.41, 5.74) is 0.694. The van der Waals surface area contributed by atoms with Crippen molar-refractivity contribution >= 4 is 22.0 Å². The maximum Gasteiger partial charge on any atom is 0.285 e. The van der Waals surface area contributed by atoms with Crippen molar-refractivity contribution in [1.29, 1.82) is 0 Å². The molecule has 0 fully saturated rings. The standard InChI is InChI=1S/C13H19N3O3S/c1-19-10-8-14-7-4-9-16-11-15-20(17,18)13-6-3-2-5-12(13)16/h2-3,5-6,11,14H,4,7-10H2,1H3. The first-order chi connectivity index (χ1) is 9.65. The molecule has 0 unspecified atom stereocenters. The van der Waals surface area contributed by atoms with Crippen LogP contribution >= 0.6 is 0 Å². The number of benzene rings is 1. The van der Waals surface area contributed by atoms with Crippen LogP contribution in [0, 0.1) is 0 Å². The molecule has 110 valence electrons. The van der Waals surface area contributed by atoms with Crippen molar-refractivity contribution in [3.8, 4) is 0 Å². The van der Waals surface area contributed by atoms with Crippen LogP contribution in [0.3, 0.4) is 0 Å². The van der Waals surface area contributed by atoms with Gasteiger partial charge in [-0.2, -0.15) is 8.42 Å². The van der Waals surface area contributed by atoms with E-state index in [0.717, 1.165) is 26.1 Å². The Morgan fingerprint density at radius 3 is 2.90 bits per heavy atom. The predicted octanol–water partition coefficient (Wildman–Crippen LogP) is 0.850. The smallest absolute Gasteiger partial charge is 0.285 e. The highest BCUT2D eigenvalue weighted by Crippen LogP contribution is 2.28. The summed E-state index contributed by atoms with van der Waals surface area (Å²) >= 11 is 0. The van der Waals surface area contributed by atoms with Crippen molar-refractivity contribution in [2.75, 3.05) is 38.3 Å². The second-order valence-corrected chi connectivity index (χ2v) is 6.05. The number of rotatable bonds is 7. The molecule has 7 heteroatoms. The van der Waals surface area contributed by atoms with Crippen molar-refractivity contribution in [2.24, 2.45) is 4.40 Å². The summed E-state index contributed by atoms with van der Waals surface area (Å²) in [6, 6.07) is 6.93. The number of hydrogen-bond donors (Lipinski definition) is 1. The number of fused-ring (bicyclic) bond motifs is 1. The molecule has 20 heavy (non-hydrogen) atoms. The van der Waals surface area contributed by atoms with Gasteiger partial charge in [0.15, 0.2) is 0 Å². The Morgan fingerprint density at radius 2 is 2.10 bits per heavy atom. The monoisotopic (exact) mass is 297 g/mol. The second-order valence-electron chi connectivity index (χ2n) is 4.45. The Bertz CT molecular complexity index is 572. The second kappa shape index (κ2) is 6.83. The molecule has 0 radical (unpaired) electrons. The molecule has 1 aliphatic heterocycles. The maximum atomic E-state index is 11.8. The van der Waals surface area contributed by atoms with E-state index in [4.69, 9.17) is 4.74 Å². The largest absolute Gasteiger partial charge is 0.383 e. The van der Waals surface area contributed by atoms with Gasteiger partial charge in [0.05, 0.1) is 12.3 Å². The Morgan fingerprint density at radius 1 is 1.30 bits per heavy atom. The lowest BCUT2D eigenvalue weighted by molar-refractivity contribution is 0.199. The van der Waals surface area contributed by atoms with Crippen LogP contribution in [0.15, 0.2) is 33.6 Å². The third-order valence-electron chi connectivity index (χ3n) is 3.01. The van der Waals surface area contributed by atoms with Crippen LogP contribution in [0.4, 0.5) is 5.69 Å². The molecule has 0 saturated heterocycles. The zero-order valence-corrected chi connectivity index (χ0v) is 12.3. The highest BCUT2D eigenvalue weighted by atomic mass is 32.2. The molecular weight excluding hydrogens is 278 g/mol. The van der Waals surface area contributed by atoms with Crippen LogP contribution in [-0.4, -0.2) is 48.1 Å². The molecule has 1 aliphatic rings. The molecule has 0 spiro atoms. The summed E-state index contributed by atoms with van der Waals surface area (Å²) in [5.74, 6) is 0. The molecule has 1 heterocycles. The molecule has 1 aromatic rings. The summed E-state index contributed by atoms with van der Waals surface area (Å²) in [4.78, 5) is 2.14. The Hall–Kier alpha value is -1.44. The Balaban J connectivity index is 1.94. The Kier molecular flexibility index (Phi) is 5.11. The number of nitrogens with one attached hydrogen (secondary N) is 1. The first-order valence-corrected chi connectivity index (χ1v) is 7.95. The molecule has 0 aromatic heterocycles. The van der Waals surface area contributed by atoms with Crippen LogP contribution in [0.5, 0.6) is 0 Å². The van der Waals surface area contributed by atoms with Crippen LogP contribution < -0.4 is 10.2 Å². The van der Waals surface area contributed by atoms with Gasteiger partial charge in [0, 0.05) is 20.2 Å². The van der Waals surface area contributed by atoms with Gasteiger partial charge in [-0.25, -0.2) is 0 Å². The highest BCUT2D eigenvalue weighted by Gasteiger charge is 2.24. The summed E-state index contributed by atoms with van der Waals surface area (Å²) in [5, 5.41) is 3.25. The first kappa shape index (κ1) is 15.0. The number of para-hydroxylation sites is 1. The molecule has 0 saturated carbocycles. The van der Waals surface area contributed by atoms with Gasteiger partial charge in [0.2, 0.25) is 0 Å². The molecule has 0 bridgehead atoms. The number of sulfonamides is 1. The molecule has 1 N–H and O–H groups in total. The number of anilines is 1. The van der Waals surface area contributed by atoms with Gasteiger partial charge < -0.3 is 15.0 Å². The summed E-state index contributed by atoms with van der Waals surface area (Å²) in [6.45, 7) is 3.07. The van der Waals surface area contributed by atoms with Gasteiger partial charge in [-0.3, -0.25) is 0 Å². The van der Waals surface area contributed by atoms with Crippen LogP contribution in [0.25, 0.3) is 0 Å². The SMILES string of the molecule is COCCNCCCN1C=NS(=O)(=O)c2ccccc21. The zero-order valence-electron chi connectivity index (χ0n) is 11.4. The highest BCUT2D eigenvalue weighted by molar-refractivity contribution is 7.90. The minimum atomic E-state index is -3.52. The topological polar surface area (TPSA) is 71.0 Å². The minimum absolute atomic E-state index is 0.273. The zero-order chi connectivity index (χ0) is 14.4. The van der Waals surface area contributed by atoms with E-state index in [1.54, 1.807) is 25.3 Å². The summed E-state index contributed by atoms with van der Waals surface area (Å²) in [7, 11) is -1.85. The minimum Gasteiger partial charge on any atom is -0.383 e. The average molecular weight is 297 g/mol. The lowest BCUT2D eigenvalue weighted by Gasteiger charge is -2.24. The number of methoxy groups -OCH3 is 1. The van der Waals surface area contributed by atoms with Gasteiger partial charge in [0.25, 0.3) is 10.0 Å². The van der Waals surface area contributed by atoms with Crippen molar-refractivity contribution < 1.29 is 13.2 Å². The van der Waals surface area contributed by atoms with E-state index in [9.17, 15) is 8.42 Å². The quantitative estimate of drug-likeness (QED) is 0.756. The van der Waals surface area contributed by atoms with Crippen LogP contribution in [0.1, 0.15) is 6.42 Å². The number of nitrogens with zero attached hydrogens (tertiary/aromatic N) is 2. The molecule has 0 aliphatic carbocycles. The Labute approximate surface area is 119 Å². The van der Waals surface area contributed by atoms with E-state index in [1.165, 1.54) is 6.34 Å². The van der Waals surface area contributed by atoms with E-state index in [1.807, 2.05) is 11.0 Å². The van der Waals surface area contributed by atoms with Crippen LogP contribution in [-0.2, 0) is 14.8 Å². The first-order valence-electron chi connectivity index (χ1n) is 6.51. The molecular formula is C13H19N3O3S. The summed E-state index contributed by atoms with van der Waals surface area (Å²) < 4.78 is 32.2. The molecule has 0 amide bonds. The maximum absolute atomic E-state index is 11.8. The van der Waals surface area contributed by atoms with Crippen molar-refractivity contribution in [2.45, 2.75) is 11.3 Å². The number of ether oxygens (including phenoxy) is 1. The fraction of sp³-hybridized carbons (Fsp3) is 0.462. The van der Waals surface area contributed by atoms with E-state index in [0.29, 0.717) is 12.3 Å². The summed E-state index contributed by atoms with van der Waals surface area (Å²) in [6.07, 6.45) is 2.29. The molecule has 0 atom stereocenters.